The van der Waals surface area contributed by atoms with Gasteiger partial charge >= 0.3 is 0 Å². The summed E-state index contributed by atoms with van der Waals surface area (Å²) in [6.07, 6.45) is 1.01. The molecule has 0 nitrogen and oxygen atoms in total. The third kappa shape index (κ3) is 3.58. The molecular formula is C15H13Br2I. The van der Waals surface area contributed by atoms with Crippen LogP contribution in [0.5, 0.6) is 0 Å². The summed E-state index contributed by atoms with van der Waals surface area (Å²) in [7, 11) is 0. The highest BCUT2D eigenvalue weighted by molar-refractivity contribution is 14.1. The molecule has 0 aliphatic heterocycles. The number of benzene rings is 2. The van der Waals surface area contributed by atoms with Crippen LogP contribution in [0, 0.1) is 10.5 Å². The predicted octanol–water partition coefficient (Wildman–Crippen LogP) is 6.04. The summed E-state index contributed by atoms with van der Waals surface area (Å²) in [6, 6.07) is 15.0. The van der Waals surface area contributed by atoms with Gasteiger partial charge in [0.25, 0.3) is 0 Å². The van der Waals surface area contributed by atoms with Gasteiger partial charge in [0.1, 0.15) is 0 Å². The van der Waals surface area contributed by atoms with Crippen LogP contribution >= 0.6 is 54.5 Å². The average Bonchev–Trinajstić information content (AvgIpc) is 2.35. The number of alkyl halides is 1. The Morgan fingerprint density at radius 2 is 1.78 bits per heavy atom. The van der Waals surface area contributed by atoms with Crippen LogP contribution < -0.4 is 0 Å². The first-order valence-electron chi connectivity index (χ1n) is 5.71. The molecule has 0 amide bonds. The Morgan fingerprint density at radius 3 is 2.44 bits per heavy atom. The zero-order valence-electron chi connectivity index (χ0n) is 9.96. The zero-order chi connectivity index (χ0) is 13.1. The van der Waals surface area contributed by atoms with Gasteiger partial charge in [-0.25, -0.2) is 0 Å². The van der Waals surface area contributed by atoms with Crippen molar-refractivity contribution in [2.24, 2.45) is 0 Å². The maximum absolute atomic E-state index is 3.81. The first kappa shape index (κ1) is 14.5. The lowest BCUT2D eigenvalue weighted by Gasteiger charge is -2.14. The van der Waals surface area contributed by atoms with Crippen LogP contribution in [0.25, 0.3) is 0 Å². The summed E-state index contributed by atoms with van der Waals surface area (Å²) in [5, 5.41) is 0. The number of hydrogen-bond donors (Lipinski definition) is 0. The molecule has 0 bridgehead atoms. The Hall–Kier alpha value is 0.130. The van der Waals surface area contributed by atoms with Crippen molar-refractivity contribution in [2.45, 2.75) is 18.2 Å². The Kier molecular flexibility index (Phi) is 5.27. The first-order valence-corrected chi connectivity index (χ1v) is 8.50. The van der Waals surface area contributed by atoms with Crippen LogP contribution in [0.15, 0.2) is 46.9 Å². The molecule has 0 radical (unpaired) electrons. The van der Waals surface area contributed by atoms with Crippen molar-refractivity contribution in [3.8, 4) is 0 Å². The molecule has 0 saturated heterocycles. The van der Waals surface area contributed by atoms with Gasteiger partial charge in [-0.2, -0.15) is 0 Å². The Labute approximate surface area is 139 Å². The Bertz CT molecular complexity index is 535. The molecule has 2 aromatic carbocycles. The van der Waals surface area contributed by atoms with Gasteiger partial charge in [0.2, 0.25) is 0 Å². The van der Waals surface area contributed by atoms with Gasteiger partial charge in [0.15, 0.2) is 0 Å². The summed E-state index contributed by atoms with van der Waals surface area (Å²) < 4.78 is 2.48. The molecule has 0 spiro atoms. The summed E-state index contributed by atoms with van der Waals surface area (Å²) in [4.78, 5) is 0.366. The second-order valence-electron chi connectivity index (χ2n) is 4.28. The smallest absolute Gasteiger partial charge is 0.0446 e. The number of halogens is 3. The largest absolute Gasteiger partial charge is 0.0835 e. The summed E-state index contributed by atoms with van der Waals surface area (Å²) in [6.45, 7) is 2.16. The highest BCUT2D eigenvalue weighted by atomic mass is 127. The van der Waals surface area contributed by atoms with Crippen LogP contribution in [-0.4, -0.2) is 0 Å². The van der Waals surface area contributed by atoms with E-state index in [4.69, 9.17) is 0 Å². The van der Waals surface area contributed by atoms with Crippen molar-refractivity contribution in [2.75, 3.05) is 0 Å². The lowest BCUT2D eigenvalue weighted by molar-refractivity contribution is 0.939. The van der Waals surface area contributed by atoms with Crippen LogP contribution in [0.4, 0.5) is 0 Å². The standard InChI is InChI=1S/C15H13Br2I/c1-10-3-2-4-13(15(10)18)14(17)9-11-5-7-12(16)8-6-11/h2-8,14H,9H2,1H3. The predicted molar refractivity (Wildman–Crippen MR) is 93.4 cm³/mol. The number of aryl methyl sites for hydroxylation is 1. The van der Waals surface area contributed by atoms with E-state index in [1.165, 1.54) is 20.3 Å². The minimum Gasteiger partial charge on any atom is -0.0835 e. The van der Waals surface area contributed by atoms with Crippen molar-refractivity contribution in [1.82, 2.24) is 0 Å². The lowest BCUT2D eigenvalue weighted by atomic mass is 10.0. The molecule has 1 atom stereocenters. The van der Waals surface area contributed by atoms with Crippen LogP contribution in [-0.2, 0) is 6.42 Å². The molecule has 0 fully saturated rings. The maximum atomic E-state index is 3.81. The van der Waals surface area contributed by atoms with E-state index in [1.807, 2.05) is 0 Å². The topological polar surface area (TPSA) is 0 Å². The molecule has 2 rings (SSSR count). The minimum absolute atomic E-state index is 0.366. The lowest BCUT2D eigenvalue weighted by Crippen LogP contribution is -1.99. The zero-order valence-corrected chi connectivity index (χ0v) is 15.3. The van der Waals surface area contributed by atoms with Gasteiger partial charge in [-0.15, -0.1) is 0 Å². The molecule has 0 aromatic heterocycles. The van der Waals surface area contributed by atoms with E-state index in [0.29, 0.717) is 4.83 Å². The van der Waals surface area contributed by atoms with Crippen molar-refractivity contribution in [1.29, 1.82) is 0 Å². The van der Waals surface area contributed by atoms with E-state index >= 15 is 0 Å². The van der Waals surface area contributed by atoms with Gasteiger partial charge < -0.3 is 0 Å². The summed E-state index contributed by atoms with van der Waals surface area (Å²) in [5.41, 5.74) is 4.06. The van der Waals surface area contributed by atoms with Crippen molar-refractivity contribution in [3.05, 3.63) is 67.2 Å². The van der Waals surface area contributed by atoms with Crippen LogP contribution in [0.3, 0.4) is 0 Å². The van der Waals surface area contributed by atoms with E-state index in [1.54, 1.807) is 0 Å². The fraction of sp³-hybridized carbons (Fsp3) is 0.200. The van der Waals surface area contributed by atoms with E-state index in [9.17, 15) is 0 Å². The molecule has 0 aliphatic carbocycles. The molecule has 1 unspecified atom stereocenters. The fourth-order valence-corrected chi connectivity index (χ4v) is 4.03. The SMILES string of the molecule is Cc1cccc(C(Br)Cc2ccc(Br)cc2)c1I. The third-order valence-corrected chi connectivity index (χ3v) is 5.71. The highest BCUT2D eigenvalue weighted by Gasteiger charge is 2.12. The average molecular weight is 480 g/mol. The molecule has 0 N–H and O–H groups in total. The molecule has 0 heterocycles. The van der Waals surface area contributed by atoms with Crippen molar-refractivity contribution < 1.29 is 0 Å². The molecule has 18 heavy (non-hydrogen) atoms. The monoisotopic (exact) mass is 478 g/mol. The van der Waals surface area contributed by atoms with Crippen LogP contribution in [0.2, 0.25) is 0 Å². The summed E-state index contributed by atoms with van der Waals surface area (Å²) in [5.74, 6) is 0. The molecule has 0 saturated carbocycles. The molecule has 94 valence electrons. The minimum atomic E-state index is 0.366. The quantitative estimate of drug-likeness (QED) is 0.372. The van der Waals surface area contributed by atoms with E-state index in [0.717, 1.165) is 10.9 Å². The highest BCUT2D eigenvalue weighted by Crippen LogP contribution is 2.32. The number of rotatable bonds is 3. The van der Waals surface area contributed by atoms with Crippen LogP contribution in [0.1, 0.15) is 21.5 Å². The molecular weight excluding hydrogens is 467 g/mol. The van der Waals surface area contributed by atoms with E-state index in [-0.39, 0.29) is 0 Å². The third-order valence-electron chi connectivity index (χ3n) is 2.89. The molecule has 3 heteroatoms. The van der Waals surface area contributed by atoms with Crippen molar-refractivity contribution >= 4 is 54.5 Å². The summed E-state index contributed by atoms with van der Waals surface area (Å²) >= 11 is 9.71. The number of hydrogen-bond acceptors (Lipinski definition) is 0. The molecule has 2 aromatic rings. The molecule has 0 aliphatic rings. The van der Waals surface area contributed by atoms with Gasteiger partial charge in [-0.3, -0.25) is 0 Å². The second-order valence-corrected chi connectivity index (χ2v) is 7.38. The fourth-order valence-electron chi connectivity index (χ4n) is 1.85. The van der Waals surface area contributed by atoms with Gasteiger partial charge in [0.05, 0.1) is 0 Å². The van der Waals surface area contributed by atoms with Gasteiger partial charge in [-0.1, -0.05) is 62.2 Å². The van der Waals surface area contributed by atoms with E-state index in [2.05, 4.69) is 104 Å². The first-order chi connectivity index (χ1) is 8.58. The maximum Gasteiger partial charge on any atom is 0.0446 e. The Morgan fingerprint density at radius 1 is 1.11 bits per heavy atom. The second kappa shape index (κ2) is 6.53. The van der Waals surface area contributed by atoms with Crippen molar-refractivity contribution in [3.63, 3.8) is 0 Å². The normalized spacial score (nSPS) is 12.4. The van der Waals surface area contributed by atoms with E-state index < -0.39 is 0 Å². The van der Waals surface area contributed by atoms with Gasteiger partial charge in [0, 0.05) is 12.9 Å². The Balaban J connectivity index is 2.19. The van der Waals surface area contributed by atoms with Gasteiger partial charge in [-0.05, 0) is 64.8 Å².